The molecule has 0 saturated carbocycles. The summed E-state index contributed by atoms with van der Waals surface area (Å²) in [5, 5.41) is 31.9. The van der Waals surface area contributed by atoms with Crippen molar-refractivity contribution in [3.05, 3.63) is 29.8 Å². The Morgan fingerprint density at radius 3 is 2.18 bits per heavy atom. The van der Waals surface area contributed by atoms with Crippen LogP contribution < -0.4 is 4.74 Å². The Bertz CT molecular complexity index is 635. The summed E-state index contributed by atoms with van der Waals surface area (Å²) >= 11 is 0. The minimum Gasteiger partial charge on any atom is -0.491 e. The lowest BCUT2D eigenvalue weighted by atomic mass is 10.0. The standard InChI is InChI=1S/C22H36N2O9/c23-24-6-8-28-9-10-29-11-12-30-13-14-31-18-3-1-17(2-4-18)5-7-32-21-15-19(26)22(27)20(16-25)33-21/h1-4,19-23,25-27H,5-16H2/t19-,20-,21-,22+/m1/s1. The van der Waals surface area contributed by atoms with Gasteiger partial charge in [-0.2, -0.15) is 5.11 Å². The highest BCUT2D eigenvalue weighted by molar-refractivity contribution is 5.27. The molecule has 0 radical (unpaired) electrons. The van der Waals surface area contributed by atoms with Crippen molar-refractivity contribution in [1.82, 2.24) is 0 Å². The number of benzene rings is 1. The molecule has 4 N–H and O–H groups in total. The van der Waals surface area contributed by atoms with Gasteiger partial charge in [0.1, 0.15) is 24.6 Å². The van der Waals surface area contributed by atoms with Gasteiger partial charge in [0, 0.05) is 6.42 Å². The van der Waals surface area contributed by atoms with Gasteiger partial charge < -0.3 is 43.7 Å². The van der Waals surface area contributed by atoms with Gasteiger partial charge in [0.25, 0.3) is 0 Å². The van der Waals surface area contributed by atoms with Crippen LogP contribution in [0, 0.1) is 5.53 Å². The van der Waals surface area contributed by atoms with Crippen molar-refractivity contribution in [3.63, 3.8) is 0 Å². The Labute approximate surface area is 194 Å². The second-order valence-corrected chi connectivity index (χ2v) is 7.41. The summed E-state index contributed by atoms with van der Waals surface area (Å²) in [6.07, 6.45) is -2.76. The molecule has 0 amide bonds. The normalized spacial score (nSPS) is 22.9. The summed E-state index contributed by atoms with van der Waals surface area (Å²) in [4.78, 5) is 0. The average molecular weight is 473 g/mol. The molecule has 0 aliphatic carbocycles. The molecule has 1 saturated heterocycles. The topological polar surface area (TPSA) is 152 Å². The van der Waals surface area contributed by atoms with E-state index in [1.165, 1.54) is 0 Å². The van der Waals surface area contributed by atoms with Crippen molar-refractivity contribution >= 4 is 0 Å². The van der Waals surface area contributed by atoms with E-state index in [0.29, 0.717) is 65.8 Å². The van der Waals surface area contributed by atoms with E-state index < -0.39 is 24.6 Å². The molecule has 0 bridgehead atoms. The number of ether oxygens (including phenoxy) is 6. The molecule has 0 unspecified atom stereocenters. The number of aliphatic hydroxyl groups excluding tert-OH is 3. The van der Waals surface area contributed by atoms with Gasteiger partial charge in [-0.15, -0.1) is 0 Å². The monoisotopic (exact) mass is 472 g/mol. The molecule has 1 aliphatic rings. The third-order valence-corrected chi connectivity index (χ3v) is 4.92. The Kier molecular flexibility index (Phi) is 14.1. The summed E-state index contributed by atoms with van der Waals surface area (Å²) in [7, 11) is 0. The fourth-order valence-corrected chi connectivity index (χ4v) is 3.10. The molecule has 0 aromatic heterocycles. The molecule has 33 heavy (non-hydrogen) atoms. The first-order chi connectivity index (χ1) is 16.1. The van der Waals surface area contributed by atoms with Crippen LogP contribution in [0.25, 0.3) is 0 Å². The molecule has 11 nitrogen and oxygen atoms in total. The lowest BCUT2D eigenvalue weighted by molar-refractivity contribution is -0.256. The molecule has 0 spiro atoms. The lowest BCUT2D eigenvalue weighted by Gasteiger charge is -2.36. The largest absolute Gasteiger partial charge is 0.491 e. The number of hydrogen-bond acceptors (Lipinski definition) is 11. The molecular formula is C22H36N2O9. The summed E-state index contributed by atoms with van der Waals surface area (Å²) in [5.74, 6) is 0.745. The van der Waals surface area contributed by atoms with E-state index in [2.05, 4.69) is 5.11 Å². The summed E-state index contributed by atoms with van der Waals surface area (Å²) in [6.45, 7) is 3.63. The second kappa shape index (κ2) is 16.8. The highest BCUT2D eigenvalue weighted by Gasteiger charge is 2.36. The summed E-state index contributed by atoms with van der Waals surface area (Å²) in [6, 6.07) is 7.66. The molecule has 1 aliphatic heterocycles. The van der Waals surface area contributed by atoms with Crippen LogP contribution in [0.5, 0.6) is 5.75 Å². The summed E-state index contributed by atoms with van der Waals surface area (Å²) < 4.78 is 32.8. The van der Waals surface area contributed by atoms with E-state index in [0.717, 1.165) is 11.3 Å². The Morgan fingerprint density at radius 2 is 1.55 bits per heavy atom. The van der Waals surface area contributed by atoms with Crippen LogP contribution in [0.15, 0.2) is 29.4 Å². The zero-order chi connectivity index (χ0) is 23.7. The molecule has 188 valence electrons. The first kappa shape index (κ1) is 27.5. The predicted octanol–water partition coefficient (Wildman–Crippen LogP) is 0.534. The van der Waals surface area contributed by atoms with Crippen molar-refractivity contribution in [2.45, 2.75) is 37.4 Å². The van der Waals surface area contributed by atoms with E-state index in [4.69, 9.17) is 34.0 Å². The fourth-order valence-electron chi connectivity index (χ4n) is 3.10. The van der Waals surface area contributed by atoms with Crippen LogP contribution in [0.2, 0.25) is 0 Å². The highest BCUT2D eigenvalue weighted by atomic mass is 16.7. The van der Waals surface area contributed by atoms with Crippen molar-refractivity contribution in [3.8, 4) is 5.75 Å². The molecule has 1 fully saturated rings. The molecule has 4 atom stereocenters. The first-order valence-corrected chi connectivity index (χ1v) is 11.2. The van der Waals surface area contributed by atoms with Crippen molar-refractivity contribution in [1.29, 1.82) is 5.53 Å². The van der Waals surface area contributed by atoms with E-state index >= 15 is 0 Å². The van der Waals surface area contributed by atoms with Crippen LogP contribution in [0.4, 0.5) is 0 Å². The number of nitrogens with zero attached hydrogens (tertiary/aromatic N) is 1. The zero-order valence-electron chi connectivity index (χ0n) is 18.8. The van der Waals surface area contributed by atoms with Crippen LogP contribution in [0.1, 0.15) is 12.0 Å². The van der Waals surface area contributed by atoms with Gasteiger partial charge in [-0.3, -0.25) is 0 Å². The average Bonchev–Trinajstić information content (AvgIpc) is 2.83. The first-order valence-electron chi connectivity index (χ1n) is 11.2. The zero-order valence-corrected chi connectivity index (χ0v) is 18.8. The molecule has 2 rings (SSSR count). The van der Waals surface area contributed by atoms with Gasteiger partial charge in [0.15, 0.2) is 6.29 Å². The Morgan fingerprint density at radius 1 is 0.909 bits per heavy atom. The Hall–Kier alpha value is -1.70. The summed E-state index contributed by atoms with van der Waals surface area (Å²) in [5.41, 5.74) is 7.69. The van der Waals surface area contributed by atoms with Crippen LogP contribution in [-0.2, 0) is 30.1 Å². The minimum atomic E-state index is -1.10. The second-order valence-electron chi connectivity index (χ2n) is 7.41. The third-order valence-electron chi connectivity index (χ3n) is 4.92. The van der Waals surface area contributed by atoms with Gasteiger partial charge in [0.2, 0.25) is 0 Å². The maximum Gasteiger partial charge on any atom is 0.160 e. The SMILES string of the molecule is N=NCCOCCOCCOCCOc1ccc(CCO[C@H]2C[C@@H](O)[C@H](O)[C@@H](CO)O2)cc1. The molecular weight excluding hydrogens is 436 g/mol. The fraction of sp³-hybridized carbons (Fsp3) is 0.727. The third kappa shape index (κ3) is 11.3. The number of nitrogens with one attached hydrogen (secondary N) is 1. The van der Waals surface area contributed by atoms with E-state index in [-0.39, 0.29) is 13.0 Å². The number of hydrogen-bond donors (Lipinski definition) is 4. The Balaban J connectivity index is 1.48. The number of aliphatic hydroxyl groups is 3. The van der Waals surface area contributed by atoms with E-state index in [9.17, 15) is 15.3 Å². The van der Waals surface area contributed by atoms with Crippen LogP contribution >= 0.6 is 0 Å². The predicted molar refractivity (Wildman–Crippen MR) is 116 cm³/mol. The maximum atomic E-state index is 9.82. The van der Waals surface area contributed by atoms with Crippen molar-refractivity contribution in [2.75, 3.05) is 66.0 Å². The highest BCUT2D eigenvalue weighted by Crippen LogP contribution is 2.21. The van der Waals surface area contributed by atoms with Crippen molar-refractivity contribution < 1.29 is 43.7 Å². The quantitative estimate of drug-likeness (QED) is 0.177. The smallest absolute Gasteiger partial charge is 0.160 e. The van der Waals surface area contributed by atoms with E-state index in [1.54, 1.807) is 0 Å². The minimum absolute atomic E-state index is 0.164. The number of rotatable bonds is 18. The molecule has 1 aromatic rings. The lowest BCUT2D eigenvalue weighted by Crippen LogP contribution is -2.50. The van der Waals surface area contributed by atoms with Gasteiger partial charge in [-0.1, -0.05) is 12.1 Å². The van der Waals surface area contributed by atoms with Gasteiger partial charge in [0.05, 0.1) is 65.5 Å². The maximum absolute atomic E-state index is 9.82. The molecule has 1 heterocycles. The van der Waals surface area contributed by atoms with Crippen LogP contribution in [0.3, 0.4) is 0 Å². The van der Waals surface area contributed by atoms with Crippen molar-refractivity contribution in [2.24, 2.45) is 5.11 Å². The van der Waals surface area contributed by atoms with Crippen LogP contribution in [-0.4, -0.2) is 106 Å². The molecule has 1 aromatic carbocycles. The molecule has 11 heteroatoms. The van der Waals surface area contributed by atoms with Gasteiger partial charge in [-0.05, 0) is 24.1 Å². The van der Waals surface area contributed by atoms with E-state index in [1.807, 2.05) is 24.3 Å². The van der Waals surface area contributed by atoms with Gasteiger partial charge in [-0.25, -0.2) is 5.53 Å². The van der Waals surface area contributed by atoms with Gasteiger partial charge >= 0.3 is 0 Å².